The first kappa shape index (κ1) is 24.9. The lowest BCUT2D eigenvalue weighted by Gasteiger charge is -2.35. The van der Waals surface area contributed by atoms with Gasteiger partial charge in [0.25, 0.3) is 0 Å². The summed E-state index contributed by atoms with van der Waals surface area (Å²) in [5.74, 6) is 1.74. The number of thiazole rings is 1. The number of methoxy groups -OCH3 is 1. The molecule has 0 amide bonds. The Morgan fingerprint density at radius 3 is 2.53 bits per heavy atom. The summed E-state index contributed by atoms with van der Waals surface area (Å²) in [5.41, 5.74) is 1.31. The van der Waals surface area contributed by atoms with Gasteiger partial charge >= 0.3 is 0 Å². The second-order valence-corrected chi connectivity index (χ2v) is 8.70. The molecule has 0 saturated carbocycles. The lowest BCUT2D eigenvalue weighted by atomic mass is 10.0. The highest BCUT2D eigenvalue weighted by Crippen LogP contribution is 2.25. The van der Waals surface area contributed by atoms with Crippen LogP contribution in [0, 0.1) is 6.92 Å². The zero-order chi connectivity index (χ0) is 20.5. The first-order valence-corrected chi connectivity index (χ1v) is 11.2. The monoisotopic (exact) mass is 543 g/mol. The number of hydrogen-bond donors (Lipinski definition) is 2. The van der Waals surface area contributed by atoms with E-state index in [1.165, 1.54) is 29.7 Å². The molecule has 1 atom stereocenters. The van der Waals surface area contributed by atoms with Crippen LogP contribution in [0.25, 0.3) is 0 Å². The van der Waals surface area contributed by atoms with Gasteiger partial charge in [0.15, 0.2) is 5.96 Å². The average Bonchev–Trinajstić information content (AvgIpc) is 3.18. The molecule has 1 aliphatic rings. The highest BCUT2D eigenvalue weighted by molar-refractivity contribution is 14.0. The standard InChI is InChI=1S/C22H33N5OS.HI/c1-17-15-25-21(29-17)11-12-24-22(23-2)26-16-20(27-13-5-4-6-14-27)18-7-9-19(28-3)10-8-18;/h7-10,15,20H,4-6,11-14,16H2,1-3H3,(H2,23,24,26);1H. The number of piperidine rings is 1. The molecule has 0 aliphatic carbocycles. The van der Waals surface area contributed by atoms with Gasteiger partial charge in [0.1, 0.15) is 5.75 Å². The van der Waals surface area contributed by atoms with Crippen molar-refractivity contribution in [1.82, 2.24) is 20.5 Å². The number of aromatic nitrogens is 1. The van der Waals surface area contributed by atoms with E-state index in [0.29, 0.717) is 6.04 Å². The maximum Gasteiger partial charge on any atom is 0.191 e. The minimum Gasteiger partial charge on any atom is -0.497 e. The normalized spacial score (nSPS) is 15.9. The minimum absolute atomic E-state index is 0. The number of guanidine groups is 1. The van der Waals surface area contributed by atoms with Crippen molar-refractivity contribution in [2.45, 2.75) is 38.6 Å². The van der Waals surface area contributed by atoms with Gasteiger partial charge in [0, 0.05) is 37.6 Å². The predicted molar refractivity (Wildman–Crippen MR) is 136 cm³/mol. The lowest BCUT2D eigenvalue weighted by Crippen LogP contribution is -2.44. The van der Waals surface area contributed by atoms with Crippen LogP contribution in [-0.4, -0.2) is 56.2 Å². The van der Waals surface area contributed by atoms with Crippen molar-refractivity contribution in [1.29, 1.82) is 0 Å². The van der Waals surface area contributed by atoms with E-state index >= 15 is 0 Å². The zero-order valence-corrected chi connectivity index (χ0v) is 21.3. The Labute approximate surface area is 201 Å². The molecular formula is C22H34IN5OS. The molecule has 1 saturated heterocycles. The Morgan fingerprint density at radius 1 is 1.20 bits per heavy atom. The van der Waals surface area contributed by atoms with Crippen molar-refractivity contribution in [3.8, 4) is 5.75 Å². The van der Waals surface area contributed by atoms with Crippen molar-refractivity contribution in [2.75, 3.05) is 40.3 Å². The highest BCUT2D eigenvalue weighted by Gasteiger charge is 2.22. The molecule has 1 aromatic heterocycles. The summed E-state index contributed by atoms with van der Waals surface area (Å²) in [5, 5.41) is 8.12. The quantitative estimate of drug-likeness (QED) is 0.300. The maximum absolute atomic E-state index is 5.33. The van der Waals surface area contributed by atoms with Crippen LogP contribution < -0.4 is 15.4 Å². The number of aryl methyl sites for hydroxylation is 1. The summed E-state index contributed by atoms with van der Waals surface area (Å²) in [7, 11) is 3.54. The van der Waals surface area contributed by atoms with E-state index in [4.69, 9.17) is 4.74 Å². The molecule has 3 rings (SSSR count). The molecule has 6 nitrogen and oxygen atoms in total. The fourth-order valence-corrected chi connectivity index (χ4v) is 4.52. The third-order valence-electron chi connectivity index (χ3n) is 5.32. The third kappa shape index (κ3) is 7.39. The van der Waals surface area contributed by atoms with Crippen molar-refractivity contribution < 1.29 is 4.74 Å². The van der Waals surface area contributed by atoms with Gasteiger partial charge in [-0.25, -0.2) is 4.98 Å². The van der Waals surface area contributed by atoms with Gasteiger partial charge in [0.05, 0.1) is 18.2 Å². The first-order valence-electron chi connectivity index (χ1n) is 10.4. The Morgan fingerprint density at radius 2 is 1.93 bits per heavy atom. The SMILES string of the molecule is CN=C(NCCc1ncc(C)s1)NCC(c1ccc(OC)cc1)N1CCCCC1.I. The van der Waals surface area contributed by atoms with Crippen LogP contribution in [0.2, 0.25) is 0 Å². The van der Waals surface area contributed by atoms with Gasteiger partial charge in [0.2, 0.25) is 0 Å². The molecule has 0 bridgehead atoms. The molecule has 2 N–H and O–H groups in total. The summed E-state index contributed by atoms with van der Waals surface area (Å²) in [4.78, 5) is 12.7. The number of rotatable bonds is 8. The molecule has 2 heterocycles. The molecule has 1 aromatic carbocycles. The van der Waals surface area contributed by atoms with Gasteiger partial charge in [-0.1, -0.05) is 18.6 Å². The van der Waals surface area contributed by atoms with E-state index in [-0.39, 0.29) is 24.0 Å². The van der Waals surface area contributed by atoms with Crippen LogP contribution in [0.1, 0.15) is 40.8 Å². The van der Waals surface area contributed by atoms with Crippen molar-refractivity contribution >= 4 is 41.3 Å². The van der Waals surface area contributed by atoms with Crippen molar-refractivity contribution in [2.24, 2.45) is 4.99 Å². The average molecular weight is 544 g/mol. The first-order chi connectivity index (χ1) is 14.2. The van der Waals surface area contributed by atoms with E-state index in [2.05, 4.69) is 56.7 Å². The van der Waals surface area contributed by atoms with Gasteiger partial charge < -0.3 is 15.4 Å². The smallest absolute Gasteiger partial charge is 0.191 e. The molecule has 1 fully saturated rings. The van der Waals surface area contributed by atoms with E-state index in [0.717, 1.165) is 49.3 Å². The van der Waals surface area contributed by atoms with Crippen LogP contribution in [-0.2, 0) is 6.42 Å². The molecular weight excluding hydrogens is 509 g/mol. The molecule has 8 heteroatoms. The number of halogens is 1. The highest BCUT2D eigenvalue weighted by atomic mass is 127. The molecule has 2 aromatic rings. The van der Waals surface area contributed by atoms with E-state index < -0.39 is 0 Å². The van der Waals surface area contributed by atoms with Gasteiger partial charge in [-0.15, -0.1) is 35.3 Å². The largest absolute Gasteiger partial charge is 0.497 e. The van der Waals surface area contributed by atoms with Gasteiger partial charge in [-0.05, 0) is 50.6 Å². The number of nitrogens with zero attached hydrogens (tertiary/aromatic N) is 3. The number of aliphatic imine (C=N–C) groups is 1. The minimum atomic E-state index is 0. The van der Waals surface area contributed by atoms with Crippen LogP contribution in [0.4, 0.5) is 0 Å². The summed E-state index contributed by atoms with van der Waals surface area (Å²) >= 11 is 1.76. The number of likely N-dealkylation sites (tertiary alicyclic amines) is 1. The van der Waals surface area contributed by atoms with Crippen molar-refractivity contribution in [3.05, 3.63) is 45.9 Å². The van der Waals surface area contributed by atoms with Crippen molar-refractivity contribution in [3.63, 3.8) is 0 Å². The topological polar surface area (TPSA) is 61.8 Å². The second kappa shape index (κ2) is 13.1. The molecule has 1 unspecified atom stereocenters. The summed E-state index contributed by atoms with van der Waals surface area (Å²) in [6, 6.07) is 8.79. The van der Waals surface area contributed by atoms with E-state index in [9.17, 15) is 0 Å². The van der Waals surface area contributed by atoms with Gasteiger partial charge in [-0.3, -0.25) is 9.89 Å². The summed E-state index contributed by atoms with van der Waals surface area (Å²) < 4.78 is 5.33. The molecule has 0 radical (unpaired) electrons. The Bertz CT molecular complexity index is 774. The number of nitrogens with one attached hydrogen (secondary N) is 2. The predicted octanol–water partition coefficient (Wildman–Crippen LogP) is 4.01. The lowest BCUT2D eigenvalue weighted by molar-refractivity contribution is 0.164. The van der Waals surface area contributed by atoms with E-state index in [1.807, 2.05) is 13.2 Å². The van der Waals surface area contributed by atoms with Crippen LogP contribution >= 0.6 is 35.3 Å². The van der Waals surface area contributed by atoms with Gasteiger partial charge in [-0.2, -0.15) is 0 Å². The number of ether oxygens (including phenoxy) is 1. The Hall–Kier alpha value is -1.39. The van der Waals surface area contributed by atoms with Crippen LogP contribution in [0.5, 0.6) is 5.75 Å². The summed E-state index contributed by atoms with van der Waals surface area (Å²) in [6.45, 7) is 6.03. The fourth-order valence-electron chi connectivity index (χ4n) is 3.73. The fraction of sp³-hybridized carbons (Fsp3) is 0.545. The molecule has 1 aliphatic heterocycles. The van der Waals surface area contributed by atoms with E-state index in [1.54, 1.807) is 18.4 Å². The maximum atomic E-state index is 5.33. The third-order valence-corrected chi connectivity index (χ3v) is 6.29. The number of benzene rings is 1. The van der Waals surface area contributed by atoms with Crippen LogP contribution in [0.3, 0.4) is 0 Å². The molecule has 0 spiro atoms. The van der Waals surface area contributed by atoms with Crippen LogP contribution in [0.15, 0.2) is 35.5 Å². The zero-order valence-electron chi connectivity index (χ0n) is 18.2. The Balaban J connectivity index is 0.00000320. The molecule has 166 valence electrons. The second-order valence-electron chi connectivity index (χ2n) is 7.38. The Kier molecular flexibility index (Phi) is 10.9. The molecule has 30 heavy (non-hydrogen) atoms. The number of hydrogen-bond acceptors (Lipinski definition) is 5. The summed E-state index contributed by atoms with van der Waals surface area (Å²) in [6.07, 6.45) is 6.72.